The zero-order valence-electron chi connectivity index (χ0n) is 19.0. The number of fused-ring (bicyclic) bond motifs is 1. The molecule has 0 aliphatic rings. The number of methoxy groups -OCH3 is 1. The van der Waals surface area contributed by atoms with Crippen LogP contribution in [-0.4, -0.2) is 50.1 Å². The minimum Gasteiger partial charge on any atom is -0.494 e. The highest BCUT2D eigenvalue weighted by Crippen LogP contribution is 2.39. The molecule has 34 heavy (non-hydrogen) atoms. The smallest absolute Gasteiger partial charge is 0.263 e. The summed E-state index contributed by atoms with van der Waals surface area (Å²) >= 11 is 7.80. The Balaban J connectivity index is 0.00000324. The second kappa shape index (κ2) is 11.5. The molecular formula is C25H25Cl2N3O3S. The summed E-state index contributed by atoms with van der Waals surface area (Å²) in [7, 11) is 5.52. The van der Waals surface area contributed by atoms with Crippen LogP contribution in [0.5, 0.6) is 17.2 Å². The Bertz CT molecular complexity index is 1260. The van der Waals surface area contributed by atoms with Crippen LogP contribution in [0.4, 0.5) is 5.13 Å². The van der Waals surface area contributed by atoms with Gasteiger partial charge in [0.1, 0.15) is 22.8 Å². The zero-order valence-corrected chi connectivity index (χ0v) is 21.4. The number of hydrogen-bond donors (Lipinski definition) is 0. The third kappa shape index (κ3) is 5.62. The van der Waals surface area contributed by atoms with Gasteiger partial charge in [0.2, 0.25) is 0 Å². The molecule has 0 atom stereocenters. The minimum absolute atomic E-state index is 0. The fourth-order valence-electron chi connectivity index (χ4n) is 3.30. The highest BCUT2D eigenvalue weighted by Gasteiger charge is 2.25. The molecule has 0 aliphatic carbocycles. The summed E-state index contributed by atoms with van der Waals surface area (Å²) in [4.78, 5) is 22.2. The van der Waals surface area contributed by atoms with E-state index in [1.165, 1.54) is 11.3 Å². The fourth-order valence-corrected chi connectivity index (χ4v) is 4.58. The van der Waals surface area contributed by atoms with Crippen molar-refractivity contribution < 1.29 is 14.3 Å². The van der Waals surface area contributed by atoms with Crippen LogP contribution in [-0.2, 0) is 0 Å². The summed E-state index contributed by atoms with van der Waals surface area (Å²) in [5.74, 6) is 1.57. The second-order valence-electron chi connectivity index (χ2n) is 7.60. The van der Waals surface area contributed by atoms with Gasteiger partial charge >= 0.3 is 0 Å². The lowest BCUT2D eigenvalue weighted by Crippen LogP contribution is -2.36. The number of carbonyl (C=O) groups excluding carboxylic acids is 1. The number of hydrogen-bond acceptors (Lipinski definition) is 6. The van der Waals surface area contributed by atoms with E-state index in [1.54, 1.807) is 36.3 Å². The molecule has 0 bridgehead atoms. The van der Waals surface area contributed by atoms with Crippen molar-refractivity contribution in [2.24, 2.45) is 0 Å². The fraction of sp³-hybridized carbons (Fsp3) is 0.200. The number of para-hydroxylation sites is 2. The van der Waals surface area contributed by atoms with E-state index >= 15 is 0 Å². The number of benzene rings is 3. The minimum atomic E-state index is -0.197. The Morgan fingerprint density at radius 3 is 2.38 bits per heavy atom. The summed E-state index contributed by atoms with van der Waals surface area (Å²) < 4.78 is 12.3. The standard InChI is InChI=1S/C25H24ClN3O3S.ClH/c1-28(2)15-16-29(25-27-22-21(31-3)14-13-19(26)23(22)33-25)24(30)18-11-7-8-12-20(18)32-17-9-5-4-6-10-17;/h4-14H,15-16H2,1-3H3;1H. The van der Waals surface area contributed by atoms with Gasteiger partial charge in [-0.15, -0.1) is 12.4 Å². The van der Waals surface area contributed by atoms with Crippen LogP contribution in [0.2, 0.25) is 5.02 Å². The lowest BCUT2D eigenvalue weighted by molar-refractivity contribution is 0.0983. The molecule has 1 amide bonds. The molecular weight excluding hydrogens is 493 g/mol. The summed E-state index contributed by atoms with van der Waals surface area (Å²) in [6, 6.07) is 20.2. The molecule has 1 aromatic heterocycles. The molecule has 1 heterocycles. The molecule has 0 aliphatic heterocycles. The molecule has 178 valence electrons. The molecule has 0 radical (unpaired) electrons. The quantitative estimate of drug-likeness (QED) is 0.271. The van der Waals surface area contributed by atoms with Crippen molar-refractivity contribution in [3.05, 3.63) is 77.3 Å². The van der Waals surface area contributed by atoms with Crippen LogP contribution in [0.25, 0.3) is 10.2 Å². The van der Waals surface area contributed by atoms with E-state index < -0.39 is 0 Å². The Labute approximate surface area is 214 Å². The first kappa shape index (κ1) is 25.8. The molecule has 0 N–H and O–H groups in total. The van der Waals surface area contributed by atoms with Gasteiger partial charge in [-0.3, -0.25) is 9.69 Å². The van der Waals surface area contributed by atoms with E-state index in [9.17, 15) is 4.79 Å². The second-order valence-corrected chi connectivity index (χ2v) is 8.98. The van der Waals surface area contributed by atoms with Crippen molar-refractivity contribution in [3.63, 3.8) is 0 Å². The molecule has 0 fully saturated rings. The molecule has 9 heteroatoms. The molecule has 3 aromatic carbocycles. The molecule has 4 aromatic rings. The van der Waals surface area contributed by atoms with E-state index in [2.05, 4.69) is 0 Å². The first-order valence-corrected chi connectivity index (χ1v) is 11.6. The van der Waals surface area contributed by atoms with Gasteiger partial charge in [0, 0.05) is 13.1 Å². The molecule has 0 spiro atoms. The molecule has 0 saturated carbocycles. The summed E-state index contributed by atoms with van der Waals surface area (Å²) in [5.41, 5.74) is 1.10. The van der Waals surface area contributed by atoms with Crippen molar-refractivity contribution in [1.82, 2.24) is 9.88 Å². The van der Waals surface area contributed by atoms with Crippen LogP contribution in [0, 0.1) is 0 Å². The number of ether oxygens (including phenoxy) is 2. The maximum Gasteiger partial charge on any atom is 0.263 e. The van der Waals surface area contributed by atoms with Gasteiger partial charge in [0.05, 0.1) is 22.4 Å². The summed E-state index contributed by atoms with van der Waals surface area (Å²) in [6.45, 7) is 1.11. The maximum absolute atomic E-state index is 13.8. The lowest BCUT2D eigenvalue weighted by Gasteiger charge is -2.23. The van der Waals surface area contributed by atoms with E-state index in [0.717, 1.165) is 4.70 Å². The number of rotatable bonds is 8. The molecule has 4 rings (SSSR count). The predicted molar refractivity (Wildman–Crippen MR) is 142 cm³/mol. The number of anilines is 1. The Kier molecular flexibility index (Phi) is 8.74. The van der Waals surface area contributed by atoms with Crippen LogP contribution in [0.1, 0.15) is 10.4 Å². The van der Waals surface area contributed by atoms with E-state index in [4.69, 9.17) is 26.1 Å². The van der Waals surface area contributed by atoms with Gasteiger partial charge in [0.15, 0.2) is 5.13 Å². The Morgan fingerprint density at radius 2 is 1.68 bits per heavy atom. The number of halogens is 2. The maximum atomic E-state index is 13.8. The lowest BCUT2D eigenvalue weighted by atomic mass is 10.1. The monoisotopic (exact) mass is 517 g/mol. The van der Waals surface area contributed by atoms with Crippen LogP contribution in [0.15, 0.2) is 66.7 Å². The normalized spacial score (nSPS) is 10.7. The Morgan fingerprint density at radius 1 is 0.971 bits per heavy atom. The molecule has 0 unspecified atom stereocenters. The summed E-state index contributed by atoms with van der Waals surface area (Å²) in [5, 5.41) is 1.13. The first-order valence-electron chi connectivity index (χ1n) is 10.4. The topological polar surface area (TPSA) is 54.9 Å². The van der Waals surface area contributed by atoms with Crippen LogP contribution in [0.3, 0.4) is 0 Å². The van der Waals surface area contributed by atoms with E-state index in [-0.39, 0.29) is 18.3 Å². The largest absolute Gasteiger partial charge is 0.494 e. The van der Waals surface area contributed by atoms with E-state index in [1.807, 2.05) is 61.5 Å². The number of thiazole rings is 1. The van der Waals surface area contributed by atoms with Crippen molar-refractivity contribution in [2.75, 3.05) is 39.2 Å². The Hall–Kier alpha value is -2.84. The number of aromatic nitrogens is 1. The third-order valence-electron chi connectivity index (χ3n) is 5.00. The number of carbonyl (C=O) groups is 1. The first-order chi connectivity index (χ1) is 16.0. The molecule has 0 saturated heterocycles. The molecule has 6 nitrogen and oxygen atoms in total. The van der Waals surface area contributed by atoms with Gasteiger partial charge in [-0.2, -0.15) is 0 Å². The van der Waals surface area contributed by atoms with Crippen LogP contribution >= 0.6 is 35.3 Å². The highest BCUT2D eigenvalue weighted by atomic mass is 35.5. The number of likely N-dealkylation sites (N-methyl/N-ethyl adjacent to an activating group) is 1. The van der Waals surface area contributed by atoms with Gasteiger partial charge in [-0.25, -0.2) is 4.98 Å². The van der Waals surface area contributed by atoms with Crippen molar-refractivity contribution in [3.8, 4) is 17.2 Å². The number of nitrogens with zero attached hydrogens (tertiary/aromatic N) is 3. The van der Waals surface area contributed by atoms with E-state index in [0.29, 0.717) is 51.6 Å². The third-order valence-corrected chi connectivity index (χ3v) is 6.54. The SMILES string of the molecule is COc1ccc(Cl)c2sc(N(CCN(C)C)C(=O)c3ccccc3Oc3ccccc3)nc12.Cl. The van der Waals surface area contributed by atoms with Gasteiger partial charge in [-0.1, -0.05) is 53.3 Å². The highest BCUT2D eigenvalue weighted by molar-refractivity contribution is 7.23. The van der Waals surface area contributed by atoms with Crippen molar-refractivity contribution in [1.29, 1.82) is 0 Å². The van der Waals surface area contributed by atoms with Gasteiger partial charge in [0.25, 0.3) is 5.91 Å². The number of amides is 1. The predicted octanol–water partition coefficient (Wildman–Crippen LogP) is 6.38. The van der Waals surface area contributed by atoms with Gasteiger partial charge < -0.3 is 14.4 Å². The average Bonchev–Trinajstić information content (AvgIpc) is 3.26. The van der Waals surface area contributed by atoms with Crippen molar-refractivity contribution >= 4 is 56.6 Å². The average molecular weight is 518 g/mol. The van der Waals surface area contributed by atoms with Crippen LogP contribution < -0.4 is 14.4 Å². The summed E-state index contributed by atoms with van der Waals surface area (Å²) in [6.07, 6.45) is 0. The van der Waals surface area contributed by atoms with Crippen molar-refractivity contribution in [2.45, 2.75) is 0 Å². The van der Waals surface area contributed by atoms with Gasteiger partial charge in [-0.05, 0) is 50.5 Å². The zero-order chi connectivity index (χ0) is 23.4.